The number of piperidine rings is 1. The van der Waals surface area contributed by atoms with Crippen molar-refractivity contribution in [2.24, 2.45) is 0 Å². The van der Waals surface area contributed by atoms with Crippen LogP contribution in [0.2, 0.25) is 0 Å². The molecule has 1 saturated heterocycles. The van der Waals surface area contributed by atoms with E-state index in [0.29, 0.717) is 0 Å². The maximum absolute atomic E-state index is 12.3. The third-order valence-electron chi connectivity index (χ3n) is 4.25. The first-order chi connectivity index (χ1) is 11.2. The number of para-hydroxylation sites is 1. The number of anilines is 1. The SMILES string of the molecule is CC1(OC(=O)Nc2ccccc2-c2ccccc2)CCNCC1.[V]. The van der Waals surface area contributed by atoms with Crippen molar-refractivity contribution >= 4 is 11.8 Å². The van der Waals surface area contributed by atoms with Crippen molar-refractivity contribution < 1.29 is 28.1 Å². The second-order valence-electron chi connectivity index (χ2n) is 6.13. The molecule has 125 valence electrons. The van der Waals surface area contributed by atoms with Crippen LogP contribution in [-0.4, -0.2) is 24.8 Å². The van der Waals surface area contributed by atoms with E-state index in [1.165, 1.54) is 0 Å². The van der Waals surface area contributed by atoms with Crippen molar-refractivity contribution in [3.05, 3.63) is 54.6 Å². The molecule has 2 N–H and O–H groups in total. The zero-order chi connectivity index (χ0) is 16.1. The van der Waals surface area contributed by atoms with Crippen molar-refractivity contribution in [3.63, 3.8) is 0 Å². The van der Waals surface area contributed by atoms with Crippen LogP contribution in [0, 0.1) is 0 Å². The second kappa shape index (κ2) is 8.38. The zero-order valence-electron chi connectivity index (χ0n) is 13.8. The minimum absolute atomic E-state index is 0. The van der Waals surface area contributed by atoms with Crippen molar-refractivity contribution in [2.75, 3.05) is 18.4 Å². The van der Waals surface area contributed by atoms with Gasteiger partial charge in [0.25, 0.3) is 0 Å². The summed E-state index contributed by atoms with van der Waals surface area (Å²) in [5.41, 5.74) is 2.43. The molecule has 0 unspecified atom stereocenters. The molecule has 2 aromatic rings. The van der Waals surface area contributed by atoms with Crippen molar-refractivity contribution in [1.29, 1.82) is 0 Å². The van der Waals surface area contributed by atoms with Gasteiger partial charge in [-0.1, -0.05) is 48.5 Å². The summed E-state index contributed by atoms with van der Waals surface area (Å²) in [6.07, 6.45) is 1.28. The van der Waals surface area contributed by atoms with Gasteiger partial charge < -0.3 is 10.1 Å². The Morgan fingerprint density at radius 2 is 1.67 bits per heavy atom. The molecule has 0 spiro atoms. The summed E-state index contributed by atoms with van der Waals surface area (Å²) in [4.78, 5) is 12.3. The topological polar surface area (TPSA) is 50.4 Å². The molecule has 5 heteroatoms. The van der Waals surface area contributed by atoms with E-state index >= 15 is 0 Å². The van der Waals surface area contributed by atoms with Gasteiger partial charge >= 0.3 is 6.09 Å². The molecular weight excluding hydrogens is 339 g/mol. The molecule has 1 radical (unpaired) electrons. The van der Waals surface area contributed by atoms with Crippen LogP contribution in [0.4, 0.5) is 10.5 Å². The number of benzene rings is 2. The van der Waals surface area contributed by atoms with Gasteiger partial charge in [-0.05, 0) is 44.5 Å². The Morgan fingerprint density at radius 1 is 1.04 bits per heavy atom. The number of ether oxygens (including phenoxy) is 1. The summed E-state index contributed by atoms with van der Waals surface area (Å²) < 4.78 is 5.68. The number of amides is 1. The van der Waals surface area contributed by atoms with Gasteiger partial charge in [0.05, 0.1) is 5.69 Å². The summed E-state index contributed by atoms with van der Waals surface area (Å²) in [5, 5.41) is 6.18. The Balaban J connectivity index is 0.00000208. The van der Waals surface area contributed by atoms with Gasteiger partial charge in [0.2, 0.25) is 0 Å². The van der Waals surface area contributed by atoms with Crippen molar-refractivity contribution in [2.45, 2.75) is 25.4 Å². The third-order valence-corrected chi connectivity index (χ3v) is 4.25. The molecule has 24 heavy (non-hydrogen) atoms. The molecule has 3 rings (SSSR count). The van der Waals surface area contributed by atoms with E-state index in [1.807, 2.05) is 61.5 Å². The Labute approximate surface area is 154 Å². The zero-order valence-corrected chi connectivity index (χ0v) is 15.2. The molecule has 1 amide bonds. The first-order valence-corrected chi connectivity index (χ1v) is 8.01. The van der Waals surface area contributed by atoms with Crippen molar-refractivity contribution in [3.8, 4) is 11.1 Å². The van der Waals surface area contributed by atoms with Gasteiger partial charge in [0.15, 0.2) is 0 Å². The minimum atomic E-state index is -0.392. The van der Waals surface area contributed by atoms with Crippen LogP contribution in [0.25, 0.3) is 11.1 Å². The number of hydrogen-bond acceptors (Lipinski definition) is 3. The summed E-state index contributed by atoms with van der Waals surface area (Å²) in [6.45, 7) is 3.76. The average molecular weight is 361 g/mol. The smallest absolute Gasteiger partial charge is 0.412 e. The molecule has 0 bridgehead atoms. The second-order valence-corrected chi connectivity index (χ2v) is 6.13. The third kappa shape index (κ3) is 4.63. The van der Waals surface area contributed by atoms with Crippen molar-refractivity contribution in [1.82, 2.24) is 5.32 Å². The fraction of sp³-hybridized carbons (Fsp3) is 0.316. The van der Waals surface area contributed by atoms with Gasteiger partial charge in [-0.15, -0.1) is 0 Å². The van der Waals surface area contributed by atoms with E-state index in [2.05, 4.69) is 10.6 Å². The average Bonchev–Trinajstić information content (AvgIpc) is 2.56. The molecule has 1 fully saturated rings. The standard InChI is InChI=1S/C19H22N2O2.V/c1-19(11-13-20-14-12-19)23-18(22)21-17-10-6-5-9-16(17)15-7-3-2-4-8-15;/h2-10,20H,11-14H2,1H3,(H,21,22);. The van der Waals surface area contributed by atoms with Crippen LogP contribution in [-0.2, 0) is 23.3 Å². The first kappa shape index (κ1) is 18.6. The number of rotatable bonds is 3. The van der Waals surface area contributed by atoms with Crippen LogP contribution in [0.1, 0.15) is 19.8 Å². The molecule has 4 nitrogen and oxygen atoms in total. The summed E-state index contributed by atoms with van der Waals surface area (Å²) in [5.74, 6) is 0. The number of hydrogen-bond donors (Lipinski definition) is 2. The van der Waals surface area contributed by atoms with E-state index in [9.17, 15) is 4.79 Å². The van der Waals surface area contributed by atoms with Crippen LogP contribution in [0.5, 0.6) is 0 Å². The summed E-state index contributed by atoms with van der Waals surface area (Å²) in [6, 6.07) is 17.8. The largest absolute Gasteiger partial charge is 0.443 e. The molecule has 0 aliphatic carbocycles. The molecule has 0 atom stereocenters. The molecular formula is C19H22N2O2V. The van der Waals surface area contributed by atoms with Gasteiger partial charge in [-0.3, -0.25) is 5.32 Å². The van der Waals surface area contributed by atoms with Crippen LogP contribution in [0.3, 0.4) is 0 Å². The predicted molar refractivity (Wildman–Crippen MR) is 92.5 cm³/mol. The molecule has 1 aliphatic rings. The Bertz CT molecular complexity index is 670. The number of carbonyl (C=O) groups excluding carboxylic acids is 1. The predicted octanol–water partition coefficient (Wildman–Crippen LogP) is 4.04. The first-order valence-electron chi connectivity index (χ1n) is 8.01. The van der Waals surface area contributed by atoms with E-state index in [-0.39, 0.29) is 18.6 Å². The molecule has 0 aromatic heterocycles. The monoisotopic (exact) mass is 361 g/mol. The Hall–Kier alpha value is -1.75. The minimum Gasteiger partial charge on any atom is -0.443 e. The van der Waals surface area contributed by atoms with Gasteiger partial charge in [0.1, 0.15) is 5.60 Å². The van der Waals surface area contributed by atoms with Gasteiger partial charge in [0, 0.05) is 24.1 Å². The summed E-state index contributed by atoms with van der Waals surface area (Å²) >= 11 is 0. The summed E-state index contributed by atoms with van der Waals surface area (Å²) in [7, 11) is 0. The van der Waals surface area contributed by atoms with E-state index in [0.717, 1.165) is 42.7 Å². The molecule has 2 aromatic carbocycles. The van der Waals surface area contributed by atoms with Crippen LogP contribution < -0.4 is 10.6 Å². The fourth-order valence-electron chi connectivity index (χ4n) is 2.88. The number of nitrogens with one attached hydrogen (secondary N) is 2. The van der Waals surface area contributed by atoms with Gasteiger partial charge in [-0.2, -0.15) is 0 Å². The van der Waals surface area contributed by atoms with E-state index < -0.39 is 11.7 Å². The van der Waals surface area contributed by atoms with Gasteiger partial charge in [-0.25, -0.2) is 4.79 Å². The maximum atomic E-state index is 12.3. The fourth-order valence-corrected chi connectivity index (χ4v) is 2.88. The normalized spacial score (nSPS) is 15.9. The van der Waals surface area contributed by atoms with Crippen LogP contribution >= 0.6 is 0 Å². The Morgan fingerprint density at radius 3 is 2.38 bits per heavy atom. The number of carbonyl (C=O) groups is 1. The maximum Gasteiger partial charge on any atom is 0.412 e. The molecule has 1 aliphatic heterocycles. The quantitative estimate of drug-likeness (QED) is 0.868. The van der Waals surface area contributed by atoms with E-state index in [1.54, 1.807) is 0 Å². The van der Waals surface area contributed by atoms with Crippen LogP contribution in [0.15, 0.2) is 54.6 Å². The molecule has 0 saturated carbocycles. The van der Waals surface area contributed by atoms with E-state index in [4.69, 9.17) is 4.74 Å². The molecule has 1 heterocycles. The Kier molecular flexibility index (Phi) is 6.49.